The van der Waals surface area contributed by atoms with E-state index >= 15 is 0 Å². The molecule has 8 nitrogen and oxygen atoms in total. The van der Waals surface area contributed by atoms with E-state index in [4.69, 9.17) is 4.74 Å². The van der Waals surface area contributed by atoms with Gasteiger partial charge in [0.05, 0.1) is 23.8 Å². The highest BCUT2D eigenvalue weighted by atomic mass is 19.4. The van der Waals surface area contributed by atoms with Gasteiger partial charge in [-0.25, -0.2) is 4.98 Å². The number of nitrogens with zero attached hydrogens (tertiary/aromatic N) is 1. The predicted octanol–water partition coefficient (Wildman–Crippen LogP) is 3.21. The summed E-state index contributed by atoms with van der Waals surface area (Å²) >= 11 is 0. The Kier molecular flexibility index (Phi) is 8.11. The number of aromatic nitrogens is 1. The molecule has 11 heteroatoms. The van der Waals surface area contributed by atoms with E-state index in [0.717, 1.165) is 12.1 Å². The van der Waals surface area contributed by atoms with Crippen LogP contribution in [0.2, 0.25) is 0 Å². The minimum absolute atomic E-state index is 0.0441. The minimum Gasteiger partial charge on any atom is -0.366 e. The van der Waals surface area contributed by atoms with Gasteiger partial charge < -0.3 is 25.8 Å². The van der Waals surface area contributed by atoms with Crippen LogP contribution in [0, 0.1) is 5.92 Å². The van der Waals surface area contributed by atoms with Crippen molar-refractivity contribution in [3.05, 3.63) is 53.7 Å². The van der Waals surface area contributed by atoms with Crippen molar-refractivity contribution in [1.29, 1.82) is 0 Å². The summed E-state index contributed by atoms with van der Waals surface area (Å²) in [6.45, 7) is 4.10. The van der Waals surface area contributed by atoms with Crippen molar-refractivity contribution in [2.45, 2.75) is 51.2 Å². The van der Waals surface area contributed by atoms with Gasteiger partial charge >= 0.3 is 6.18 Å². The number of carbonyl (C=O) groups is 2. The molecule has 0 aliphatic carbocycles. The van der Waals surface area contributed by atoms with Gasteiger partial charge in [0.15, 0.2) is 6.29 Å². The van der Waals surface area contributed by atoms with Gasteiger partial charge in [-0.05, 0) is 49.1 Å². The maximum absolute atomic E-state index is 13.1. The van der Waals surface area contributed by atoms with Crippen molar-refractivity contribution in [1.82, 2.24) is 15.6 Å². The molecule has 3 atom stereocenters. The zero-order valence-corrected chi connectivity index (χ0v) is 18.7. The lowest BCUT2D eigenvalue weighted by Gasteiger charge is -2.23. The fourth-order valence-corrected chi connectivity index (χ4v) is 3.54. The van der Waals surface area contributed by atoms with E-state index in [-0.39, 0.29) is 23.0 Å². The normalized spacial score (nSPS) is 19.0. The Hall–Kier alpha value is -3.18. The molecular formula is C23H27F3N4O4. The lowest BCUT2D eigenvalue weighted by atomic mass is 10.0. The van der Waals surface area contributed by atoms with Gasteiger partial charge in [-0.1, -0.05) is 19.9 Å². The van der Waals surface area contributed by atoms with Gasteiger partial charge in [-0.15, -0.1) is 0 Å². The summed E-state index contributed by atoms with van der Waals surface area (Å²) in [6, 6.07) is 6.03. The number of hydrogen-bond donors (Lipinski definition) is 4. The molecule has 1 aromatic heterocycles. The second kappa shape index (κ2) is 10.8. The third-order valence-corrected chi connectivity index (χ3v) is 5.22. The Labute approximate surface area is 194 Å². The van der Waals surface area contributed by atoms with Crippen LogP contribution in [0.25, 0.3) is 0 Å². The van der Waals surface area contributed by atoms with Crippen molar-refractivity contribution in [3.63, 3.8) is 0 Å². The Balaban J connectivity index is 1.77. The molecule has 2 heterocycles. The molecule has 4 N–H and O–H groups in total. The van der Waals surface area contributed by atoms with Crippen molar-refractivity contribution in [2.75, 3.05) is 11.9 Å². The quantitative estimate of drug-likeness (QED) is 0.462. The number of halogens is 3. The van der Waals surface area contributed by atoms with E-state index in [2.05, 4.69) is 20.9 Å². The Morgan fingerprint density at radius 2 is 2.00 bits per heavy atom. The molecule has 3 rings (SSSR count). The lowest BCUT2D eigenvalue weighted by molar-refractivity contribution is -0.137. The number of benzene rings is 1. The highest BCUT2D eigenvalue weighted by molar-refractivity contribution is 6.01. The van der Waals surface area contributed by atoms with Crippen LogP contribution >= 0.6 is 0 Å². The SMILES string of the molecule is CC(C)CC(NC(=O)c1cccnc1Nc1cccc(C(F)(F)F)c1)C(=O)N[C@H]1CCO[C@@H]1O. The number of amides is 2. The predicted molar refractivity (Wildman–Crippen MR) is 118 cm³/mol. The van der Waals surface area contributed by atoms with Gasteiger partial charge in [0, 0.05) is 11.9 Å². The second-order valence-electron chi connectivity index (χ2n) is 8.42. The summed E-state index contributed by atoms with van der Waals surface area (Å²) in [5, 5.41) is 17.9. The first-order chi connectivity index (χ1) is 16.0. The first-order valence-electron chi connectivity index (χ1n) is 10.8. The van der Waals surface area contributed by atoms with E-state index in [1.807, 2.05) is 13.8 Å². The number of hydrogen-bond acceptors (Lipinski definition) is 6. The molecule has 1 aliphatic heterocycles. The maximum Gasteiger partial charge on any atom is 0.416 e. The highest BCUT2D eigenvalue weighted by Crippen LogP contribution is 2.31. The van der Waals surface area contributed by atoms with Crippen LogP contribution in [-0.4, -0.2) is 46.9 Å². The van der Waals surface area contributed by atoms with Gasteiger partial charge in [0.1, 0.15) is 11.9 Å². The van der Waals surface area contributed by atoms with E-state index in [9.17, 15) is 27.9 Å². The van der Waals surface area contributed by atoms with Crippen LogP contribution in [0.5, 0.6) is 0 Å². The topological polar surface area (TPSA) is 113 Å². The van der Waals surface area contributed by atoms with Crippen molar-refractivity contribution < 1.29 is 32.6 Å². The van der Waals surface area contributed by atoms with Crippen LogP contribution in [0.1, 0.15) is 42.6 Å². The highest BCUT2D eigenvalue weighted by Gasteiger charge is 2.32. The van der Waals surface area contributed by atoms with Crippen LogP contribution in [0.4, 0.5) is 24.7 Å². The average molecular weight is 480 g/mol. The molecule has 1 saturated heterocycles. The van der Waals surface area contributed by atoms with Crippen molar-refractivity contribution in [3.8, 4) is 0 Å². The van der Waals surface area contributed by atoms with E-state index in [1.54, 1.807) is 0 Å². The fraction of sp³-hybridized carbons (Fsp3) is 0.435. The van der Waals surface area contributed by atoms with Gasteiger partial charge in [0.2, 0.25) is 5.91 Å². The number of anilines is 2. The molecule has 1 fully saturated rings. The second-order valence-corrected chi connectivity index (χ2v) is 8.42. The number of pyridine rings is 1. The van der Waals surface area contributed by atoms with Crippen LogP contribution in [0.15, 0.2) is 42.6 Å². The minimum atomic E-state index is -4.52. The number of carbonyl (C=O) groups excluding carboxylic acids is 2. The van der Waals surface area contributed by atoms with Gasteiger partial charge in [0.25, 0.3) is 5.91 Å². The molecule has 1 aliphatic rings. The Morgan fingerprint density at radius 3 is 2.65 bits per heavy atom. The first-order valence-corrected chi connectivity index (χ1v) is 10.8. The average Bonchev–Trinajstić information content (AvgIpc) is 3.17. The van der Waals surface area contributed by atoms with Crippen LogP contribution in [0.3, 0.4) is 0 Å². The monoisotopic (exact) mass is 480 g/mol. The lowest BCUT2D eigenvalue weighted by Crippen LogP contribution is -2.51. The number of ether oxygens (including phenoxy) is 1. The number of aliphatic hydroxyl groups is 1. The largest absolute Gasteiger partial charge is 0.416 e. The standard InChI is InChI=1S/C23H27F3N4O4/c1-13(2)11-18(21(32)29-17-8-10-34-22(17)33)30-20(31)16-7-4-9-27-19(16)28-15-6-3-5-14(12-15)23(24,25)26/h3-7,9,12-13,17-18,22,33H,8,10-11H2,1-2H3,(H,27,28)(H,29,32)(H,30,31)/t17-,18?,22-/m0/s1. The molecule has 184 valence electrons. The fourth-order valence-electron chi connectivity index (χ4n) is 3.54. The molecule has 0 radical (unpaired) electrons. The molecule has 0 saturated carbocycles. The number of nitrogens with one attached hydrogen (secondary N) is 3. The summed E-state index contributed by atoms with van der Waals surface area (Å²) in [6.07, 6.45) is -3.45. The summed E-state index contributed by atoms with van der Waals surface area (Å²) < 4.78 is 44.2. The smallest absolute Gasteiger partial charge is 0.366 e. The van der Waals surface area contributed by atoms with E-state index < -0.39 is 41.9 Å². The molecule has 0 bridgehead atoms. The third kappa shape index (κ3) is 6.67. The van der Waals surface area contributed by atoms with Crippen LogP contribution in [-0.2, 0) is 15.7 Å². The van der Waals surface area contributed by atoms with Gasteiger partial charge in [-0.2, -0.15) is 13.2 Å². The molecule has 2 aromatic rings. The number of rotatable bonds is 8. The maximum atomic E-state index is 13.1. The zero-order valence-electron chi connectivity index (χ0n) is 18.7. The molecule has 1 unspecified atom stereocenters. The summed E-state index contributed by atoms with van der Waals surface area (Å²) in [5.74, 6) is -0.973. The molecule has 1 aromatic carbocycles. The van der Waals surface area contributed by atoms with E-state index in [0.29, 0.717) is 19.4 Å². The van der Waals surface area contributed by atoms with E-state index in [1.165, 1.54) is 30.5 Å². The Morgan fingerprint density at radius 1 is 1.24 bits per heavy atom. The first kappa shape index (κ1) is 25.4. The zero-order chi connectivity index (χ0) is 24.9. The third-order valence-electron chi connectivity index (χ3n) is 5.22. The summed E-state index contributed by atoms with van der Waals surface area (Å²) in [5.41, 5.74) is -0.675. The van der Waals surface area contributed by atoms with Gasteiger partial charge in [-0.3, -0.25) is 9.59 Å². The molecule has 2 amide bonds. The molecule has 0 spiro atoms. The Bertz CT molecular complexity index is 1020. The van der Waals surface area contributed by atoms with Crippen molar-refractivity contribution >= 4 is 23.3 Å². The molecule has 34 heavy (non-hydrogen) atoms. The number of alkyl halides is 3. The summed E-state index contributed by atoms with van der Waals surface area (Å²) in [7, 11) is 0. The molecular weight excluding hydrogens is 453 g/mol. The van der Waals surface area contributed by atoms with Crippen LogP contribution < -0.4 is 16.0 Å². The summed E-state index contributed by atoms with van der Waals surface area (Å²) in [4.78, 5) is 30.0. The number of aliphatic hydroxyl groups excluding tert-OH is 1. The van der Waals surface area contributed by atoms with Crippen molar-refractivity contribution in [2.24, 2.45) is 5.92 Å².